The standard InChI is InChI=1S/C13H16O3S/c1-10(14)17-9-12(13(15)16)8-7-11-5-3-2-4-6-11/h2-6,12H,7-9H2,1H3,(H,15,16). The van der Waals surface area contributed by atoms with E-state index < -0.39 is 11.9 Å². The maximum absolute atomic E-state index is 11.0. The summed E-state index contributed by atoms with van der Waals surface area (Å²) in [5, 5.41) is 9.01. The monoisotopic (exact) mass is 252 g/mol. The lowest BCUT2D eigenvalue weighted by molar-refractivity contribution is -0.141. The van der Waals surface area contributed by atoms with E-state index in [1.807, 2.05) is 30.3 Å². The summed E-state index contributed by atoms with van der Waals surface area (Å²) in [6.45, 7) is 1.46. The molecule has 0 fully saturated rings. The molecule has 1 aromatic carbocycles. The molecule has 0 saturated heterocycles. The Morgan fingerprint density at radius 2 is 1.94 bits per heavy atom. The van der Waals surface area contributed by atoms with E-state index in [0.29, 0.717) is 12.2 Å². The molecule has 0 heterocycles. The Morgan fingerprint density at radius 3 is 2.47 bits per heavy atom. The molecule has 0 spiro atoms. The van der Waals surface area contributed by atoms with Gasteiger partial charge >= 0.3 is 5.97 Å². The van der Waals surface area contributed by atoms with Crippen molar-refractivity contribution in [1.29, 1.82) is 0 Å². The number of thioether (sulfide) groups is 1. The fourth-order valence-corrected chi connectivity index (χ4v) is 2.23. The molecule has 0 aliphatic rings. The molecule has 0 radical (unpaired) electrons. The first-order valence-electron chi connectivity index (χ1n) is 5.49. The third-order valence-corrected chi connectivity index (χ3v) is 3.44. The van der Waals surface area contributed by atoms with Crippen LogP contribution in [0.15, 0.2) is 30.3 Å². The van der Waals surface area contributed by atoms with Gasteiger partial charge in [-0.15, -0.1) is 0 Å². The fourth-order valence-electron chi connectivity index (χ4n) is 1.48. The van der Waals surface area contributed by atoms with Gasteiger partial charge in [0.05, 0.1) is 5.92 Å². The highest BCUT2D eigenvalue weighted by atomic mass is 32.2. The van der Waals surface area contributed by atoms with Gasteiger partial charge in [0.2, 0.25) is 0 Å². The second-order valence-electron chi connectivity index (χ2n) is 3.86. The van der Waals surface area contributed by atoms with Gasteiger partial charge in [-0.25, -0.2) is 0 Å². The molecule has 3 nitrogen and oxygen atoms in total. The van der Waals surface area contributed by atoms with Crippen molar-refractivity contribution >= 4 is 22.8 Å². The zero-order valence-corrected chi connectivity index (χ0v) is 10.6. The molecule has 4 heteroatoms. The third-order valence-electron chi connectivity index (χ3n) is 2.46. The maximum atomic E-state index is 11.0. The van der Waals surface area contributed by atoms with Crippen LogP contribution in [0.5, 0.6) is 0 Å². The van der Waals surface area contributed by atoms with Crippen LogP contribution in [0.25, 0.3) is 0 Å². The molecule has 0 aliphatic heterocycles. The minimum absolute atomic E-state index is 0.0315. The van der Waals surface area contributed by atoms with Crippen molar-refractivity contribution in [1.82, 2.24) is 0 Å². The summed E-state index contributed by atoms with van der Waals surface area (Å²) < 4.78 is 0. The van der Waals surface area contributed by atoms with Crippen LogP contribution in [-0.2, 0) is 16.0 Å². The molecule has 0 aromatic heterocycles. The lowest BCUT2D eigenvalue weighted by Gasteiger charge is -2.10. The number of carboxylic acids is 1. The van der Waals surface area contributed by atoms with Gasteiger partial charge in [0.1, 0.15) is 0 Å². The van der Waals surface area contributed by atoms with Gasteiger partial charge in [-0.1, -0.05) is 42.1 Å². The molecule has 0 bridgehead atoms. The van der Waals surface area contributed by atoms with Crippen LogP contribution < -0.4 is 0 Å². The van der Waals surface area contributed by atoms with Gasteiger partial charge in [-0.05, 0) is 18.4 Å². The fraction of sp³-hybridized carbons (Fsp3) is 0.385. The number of carbonyl (C=O) groups is 2. The van der Waals surface area contributed by atoms with E-state index in [-0.39, 0.29) is 5.12 Å². The SMILES string of the molecule is CC(=O)SCC(CCc1ccccc1)C(=O)O. The summed E-state index contributed by atoms with van der Waals surface area (Å²) in [7, 11) is 0. The first-order valence-corrected chi connectivity index (χ1v) is 6.48. The van der Waals surface area contributed by atoms with Crippen molar-refractivity contribution in [3.63, 3.8) is 0 Å². The molecule has 1 rings (SSSR count). The van der Waals surface area contributed by atoms with Gasteiger partial charge in [0.25, 0.3) is 0 Å². The Labute approximate surface area is 105 Å². The molecule has 0 saturated carbocycles. The molecule has 17 heavy (non-hydrogen) atoms. The highest BCUT2D eigenvalue weighted by molar-refractivity contribution is 8.13. The summed E-state index contributed by atoms with van der Waals surface area (Å²) in [5.74, 6) is -0.920. The number of benzene rings is 1. The van der Waals surface area contributed by atoms with E-state index in [1.54, 1.807) is 0 Å². The first-order chi connectivity index (χ1) is 8.09. The number of carbonyl (C=O) groups excluding carboxylic acids is 1. The average Bonchev–Trinajstić information content (AvgIpc) is 2.29. The van der Waals surface area contributed by atoms with Crippen molar-refractivity contribution < 1.29 is 14.7 Å². The lowest BCUT2D eigenvalue weighted by Crippen LogP contribution is -2.17. The minimum atomic E-state index is -0.824. The molecule has 0 amide bonds. The average molecular weight is 252 g/mol. The van der Waals surface area contributed by atoms with Crippen molar-refractivity contribution in [3.05, 3.63) is 35.9 Å². The van der Waals surface area contributed by atoms with Crippen LogP contribution in [-0.4, -0.2) is 21.9 Å². The summed E-state index contributed by atoms with van der Waals surface area (Å²) in [6, 6.07) is 9.78. The Morgan fingerprint density at radius 1 is 1.29 bits per heavy atom. The predicted molar refractivity (Wildman–Crippen MR) is 69.0 cm³/mol. The molecule has 0 aliphatic carbocycles. The number of hydrogen-bond acceptors (Lipinski definition) is 3. The summed E-state index contributed by atoms with van der Waals surface area (Å²) >= 11 is 1.08. The smallest absolute Gasteiger partial charge is 0.307 e. The Bertz CT molecular complexity index is 376. The van der Waals surface area contributed by atoms with Crippen LogP contribution >= 0.6 is 11.8 Å². The van der Waals surface area contributed by atoms with Gasteiger partial charge < -0.3 is 5.11 Å². The van der Waals surface area contributed by atoms with Crippen molar-refractivity contribution in [2.75, 3.05) is 5.75 Å². The van der Waals surface area contributed by atoms with Crippen LogP contribution in [0.2, 0.25) is 0 Å². The van der Waals surface area contributed by atoms with E-state index >= 15 is 0 Å². The van der Waals surface area contributed by atoms with Crippen LogP contribution in [0.1, 0.15) is 18.9 Å². The van der Waals surface area contributed by atoms with Crippen molar-refractivity contribution in [2.45, 2.75) is 19.8 Å². The van der Waals surface area contributed by atoms with Crippen LogP contribution in [0.3, 0.4) is 0 Å². The van der Waals surface area contributed by atoms with Crippen LogP contribution in [0.4, 0.5) is 0 Å². The second-order valence-corrected chi connectivity index (χ2v) is 5.06. The molecular formula is C13H16O3S. The highest BCUT2D eigenvalue weighted by Gasteiger charge is 2.18. The number of aryl methyl sites for hydroxylation is 1. The zero-order chi connectivity index (χ0) is 12.7. The Kier molecular flexibility index (Phi) is 5.77. The normalized spacial score (nSPS) is 12.1. The number of carboxylic acid groups (broad SMARTS) is 1. The van der Waals surface area contributed by atoms with E-state index in [1.165, 1.54) is 6.92 Å². The van der Waals surface area contributed by atoms with E-state index in [0.717, 1.165) is 23.7 Å². The van der Waals surface area contributed by atoms with E-state index in [9.17, 15) is 9.59 Å². The molecular weight excluding hydrogens is 236 g/mol. The summed E-state index contributed by atoms with van der Waals surface area (Å²) in [6.07, 6.45) is 1.30. The maximum Gasteiger partial charge on any atom is 0.307 e. The molecule has 92 valence electrons. The van der Waals surface area contributed by atoms with Gasteiger partial charge in [-0.3, -0.25) is 9.59 Å². The third kappa shape index (κ3) is 5.54. The molecule has 1 atom stereocenters. The van der Waals surface area contributed by atoms with E-state index in [2.05, 4.69) is 0 Å². The number of aliphatic carboxylic acids is 1. The number of rotatable bonds is 6. The lowest BCUT2D eigenvalue weighted by atomic mass is 10.0. The Balaban J connectivity index is 2.45. The second kappa shape index (κ2) is 7.12. The van der Waals surface area contributed by atoms with Gasteiger partial charge in [0, 0.05) is 12.7 Å². The minimum Gasteiger partial charge on any atom is -0.481 e. The van der Waals surface area contributed by atoms with Gasteiger partial charge in [0.15, 0.2) is 5.12 Å². The quantitative estimate of drug-likeness (QED) is 0.845. The largest absolute Gasteiger partial charge is 0.481 e. The summed E-state index contributed by atoms with van der Waals surface area (Å²) in [4.78, 5) is 21.8. The molecule has 1 unspecified atom stereocenters. The highest BCUT2D eigenvalue weighted by Crippen LogP contribution is 2.16. The zero-order valence-electron chi connectivity index (χ0n) is 9.76. The van der Waals surface area contributed by atoms with E-state index in [4.69, 9.17) is 5.11 Å². The summed E-state index contributed by atoms with van der Waals surface area (Å²) in [5.41, 5.74) is 1.13. The van der Waals surface area contributed by atoms with Crippen molar-refractivity contribution in [2.24, 2.45) is 5.92 Å². The first kappa shape index (κ1) is 13.8. The molecule has 1 N–H and O–H groups in total. The topological polar surface area (TPSA) is 54.4 Å². The van der Waals surface area contributed by atoms with Crippen LogP contribution in [0, 0.1) is 5.92 Å². The Hall–Kier alpha value is -1.29. The van der Waals surface area contributed by atoms with Crippen molar-refractivity contribution in [3.8, 4) is 0 Å². The number of hydrogen-bond donors (Lipinski definition) is 1. The predicted octanol–water partition coefficient (Wildman–Crippen LogP) is 2.60. The molecule has 1 aromatic rings. The van der Waals surface area contributed by atoms with Gasteiger partial charge in [-0.2, -0.15) is 0 Å².